The van der Waals surface area contributed by atoms with Crippen molar-refractivity contribution < 1.29 is 19.0 Å². The summed E-state index contributed by atoms with van der Waals surface area (Å²) in [6.07, 6.45) is 1.45. The Morgan fingerprint density at radius 2 is 1.70 bits per heavy atom. The first-order valence-corrected chi connectivity index (χ1v) is 10.3. The van der Waals surface area contributed by atoms with Crippen molar-refractivity contribution in [2.24, 2.45) is 0 Å². The van der Waals surface area contributed by atoms with E-state index in [1.807, 2.05) is 42.5 Å². The number of rotatable bonds is 8. The first-order valence-electron chi connectivity index (χ1n) is 10.3. The fourth-order valence-corrected chi connectivity index (χ4v) is 3.26. The Morgan fingerprint density at radius 3 is 2.48 bits per heavy atom. The van der Waals surface area contributed by atoms with Gasteiger partial charge >= 0.3 is 0 Å². The number of nitrogens with zero attached hydrogens (tertiary/aromatic N) is 2. The molecule has 0 bridgehead atoms. The van der Waals surface area contributed by atoms with Gasteiger partial charge in [0.25, 0.3) is 5.91 Å². The van der Waals surface area contributed by atoms with Gasteiger partial charge in [-0.1, -0.05) is 36.4 Å². The molecular weight excluding hydrogens is 418 g/mol. The molecule has 0 radical (unpaired) electrons. The molecule has 1 aromatic heterocycles. The lowest BCUT2D eigenvalue weighted by molar-refractivity contribution is 0.0950. The number of benzene rings is 3. The maximum Gasteiger partial charge on any atom is 0.251 e. The summed E-state index contributed by atoms with van der Waals surface area (Å²) in [5.74, 6) is 1.99. The summed E-state index contributed by atoms with van der Waals surface area (Å²) in [5, 5.41) is 2.91. The summed E-state index contributed by atoms with van der Waals surface area (Å²) < 4.78 is 16.5. The predicted molar refractivity (Wildman–Crippen MR) is 125 cm³/mol. The first-order chi connectivity index (χ1) is 16.2. The van der Waals surface area contributed by atoms with Crippen molar-refractivity contribution >= 4 is 5.91 Å². The van der Waals surface area contributed by atoms with Crippen molar-refractivity contribution in [3.8, 4) is 34.4 Å². The maximum atomic E-state index is 12.7. The summed E-state index contributed by atoms with van der Waals surface area (Å²) in [7, 11) is 3.17. The molecule has 0 fully saturated rings. The predicted octanol–water partition coefficient (Wildman–Crippen LogP) is 4.88. The summed E-state index contributed by atoms with van der Waals surface area (Å²) in [5.41, 5.74) is 3.03. The standard InChI is InChI=1S/C26H23N3O4/c1-31-21-12-11-20(24(14-21)32-2)16-27-26(30)19-9-6-10-22(13-19)33-25-15-23(28-17-29-25)18-7-4-3-5-8-18/h3-15,17H,16H2,1-2H3,(H,27,30). The van der Waals surface area contributed by atoms with E-state index in [9.17, 15) is 4.79 Å². The third kappa shape index (κ3) is 5.46. The first kappa shape index (κ1) is 21.8. The van der Waals surface area contributed by atoms with Crippen molar-refractivity contribution in [1.82, 2.24) is 15.3 Å². The molecule has 0 aliphatic carbocycles. The van der Waals surface area contributed by atoms with E-state index in [4.69, 9.17) is 14.2 Å². The minimum absolute atomic E-state index is 0.231. The van der Waals surface area contributed by atoms with Gasteiger partial charge in [0.2, 0.25) is 5.88 Å². The van der Waals surface area contributed by atoms with Crippen molar-refractivity contribution in [2.45, 2.75) is 6.54 Å². The Labute approximate surface area is 192 Å². The van der Waals surface area contributed by atoms with Crippen LogP contribution in [-0.4, -0.2) is 30.1 Å². The van der Waals surface area contributed by atoms with Gasteiger partial charge in [-0.2, -0.15) is 0 Å². The SMILES string of the molecule is COc1ccc(CNC(=O)c2cccc(Oc3cc(-c4ccccc4)ncn3)c2)c(OC)c1. The fourth-order valence-electron chi connectivity index (χ4n) is 3.26. The molecule has 1 N–H and O–H groups in total. The van der Waals surface area contributed by atoms with Gasteiger partial charge in [-0.05, 0) is 30.3 Å². The molecule has 1 amide bonds. The molecule has 0 spiro atoms. The van der Waals surface area contributed by atoms with Crippen LogP contribution in [0, 0.1) is 0 Å². The zero-order valence-electron chi connectivity index (χ0n) is 18.3. The molecular formula is C26H23N3O4. The van der Waals surface area contributed by atoms with Crippen LogP contribution >= 0.6 is 0 Å². The molecule has 1 heterocycles. The quantitative estimate of drug-likeness (QED) is 0.420. The number of nitrogens with one attached hydrogen (secondary N) is 1. The van der Waals surface area contributed by atoms with Crippen LogP contribution < -0.4 is 19.5 Å². The Hall–Kier alpha value is -4.39. The molecule has 3 aromatic carbocycles. The summed E-state index contributed by atoms with van der Waals surface area (Å²) in [6, 6.07) is 23.9. The number of methoxy groups -OCH3 is 2. The molecule has 0 atom stereocenters. The molecule has 0 unspecified atom stereocenters. The van der Waals surface area contributed by atoms with Gasteiger partial charge in [-0.15, -0.1) is 0 Å². The van der Waals surface area contributed by atoms with Gasteiger partial charge in [0.05, 0.1) is 19.9 Å². The second-order valence-corrected chi connectivity index (χ2v) is 7.10. The van der Waals surface area contributed by atoms with E-state index in [0.717, 1.165) is 16.8 Å². The minimum atomic E-state index is -0.231. The van der Waals surface area contributed by atoms with E-state index >= 15 is 0 Å². The molecule has 0 saturated carbocycles. The highest BCUT2D eigenvalue weighted by Crippen LogP contribution is 2.26. The fraction of sp³-hybridized carbons (Fsp3) is 0.115. The average molecular weight is 441 g/mol. The van der Waals surface area contributed by atoms with Crippen LogP contribution in [0.1, 0.15) is 15.9 Å². The van der Waals surface area contributed by atoms with Crippen LogP contribution in [0.5, 0.6) is 23.1 Å². The number of amides is 1. The normalized spacial score (nSPS) is 10.4. The van der Waals surface area contributed by atoms with E-state index in [2.05, 4.69) is 15.3 Å². The monoisotopic (exact) mass is 441 g/mol. The number of aromatic nitrogens is 2. The van der Waals surface area contributed by atoms with E-state index in [1.165, 1.54) is 6.33 Å². The highest BCUT2D eigenvalue weighted by Gasteiger charge is 2.11. The summed E-state index contributed by atoms with van der Waals surface area (Å²) >= 11 is 0. The van der Waals surface area contributed by atoms with Crippen molar-refractivity contribution in [3.05, 3.63) is 96.3 Å². The molecule has 33 heavy (non-hydrogen) atoms. The van der Waals surface area contributed by atoms with Crippen molar-refractivity contribution in [3.63, 3.8) is 0 Å². The highest BCUT2D eigenvalue weighted by molar-refractivity contribution is 5.94. The van der Waals surface area contributed by atoms with Crippen LogP contribution in [0.15, 0.2) is 85.2 Å². The van der Waals surface area contributed by atoms with Crippen molar-refractivity contribution in [1.29, 1.82) is 0 Å². The van der Waals surface area contributed by atoms with Crippen LogP contribution in [0.3, 0.4) is 0 Å². The molecule has 7 nitrogen and oxygen atoms in total. The highest BCUT2D eigenvalue weighted by atomic mass is 16.5. The van der Waals surface area contributed by atoms with Gasteiger partial charge in [-0.3, -0.25) is 4.79 Å². The maximum absolute atomic E-state index is 12.7. The van der Waals surface area contributed by atoms with Gasteiger partial charge < -0.3 is 19.5 Å². The zero-order valence-corrected chi connectivity index (χ0v) is 18.3. The van der Waals surface area contributed by atoms with E-state index < -0.39 is 0 Å². The second kappa shape index (κ2) is 10.3. The van der Waals surface area contributed by atoms with Gasteiger partial charge in [-0.25, -0.2) is 9.97 Å². The molecule has 4 rings (SSSR count). The van der Waals surface area contributed by atoms with Crippen LogP contribution in [-0.2, 0) is 6.54 Å². The van der Waals surface area contributed by atoms with E-state index in [-0.39, 0.29) is 5.91 Å². The third-order valence-corrected chi connectivity index (χ3v) is 4.96. The lowest BCUT2D eigenvalue weighted by Gasteiger charge is -2.12. The van der Waals surface area contributed by atoms with Crippen molar-refractivity contribution in [2.75, 3.05) is 14.2 Å². The summed E-state index contributed by atoms with van der Waals surface area (Å²) in [4.78, 5) is 21.2. The van der Waals surface area contributed by atoms with Crippen LogP contribution in [0.4, 0.5) is 0 Å². The smallest absolute Gasteiger partial charge is 0.251 e. The van der Waals surface area contributed by atoms with E-state index in [1.54, 1.807) is 50.6 Å². The van der Waals surface area contributed by atoms with Gasteiger partial charge in [0.15, 0.2) is 0 Å². The summed E-state index contributed by atoms with van der Waals surface area (Å²) in [6.45, 7) is 0.309. The molecule has 4 aromatic rings. The molecule has 166 valence electrons. The second-order valence-electron chi connectivity index (χ2n) is 7.10. The topological polar surface area (TPSA) is 82.6 Å². The number of hydrogen-bond acceptors (Lipinski definition) is 6. The Kier molecular flexibility index (Phi) is 6.80. The Morgan fingerprint density at radius 1 is 0.848 bits per heavy atom. The zero-order chi connectivity index (χ0) is 23.0. The number of carbonyl (C=O) groups is 1. The van der Waals surface area contributed by atoms with Gasteiger partial charge in [0.1, 0.15) is 23.6 Å². The molecule has 0 aliphatic heterocycles. The Bertz CT molecular complexity index is 1250. The van der Waals surface area contributed by atoms with Crippen LogP contribution in [0.2, 0.25) is 0 Å². The number of ether oxygens (including phenoxy) is 3. The third-order valence-electron chi connectivity index (χ3n) is 4.96. The Balaban J connectivity index is 1.44. The number of hydrogen-bond donors (Lipinski definition) is 1. The lowest BCUT2D eigenvalue weighted by atomic mass is 10.1. The largest absolute Gasteiger partial charge is 0.497 e. The van der Waals surface area contributed by atoms with Crippen LogP contribution in [0.25, 0.3) is 11.3 Å². The average Bonchev–Trinajstić information content (AvgIpc) is 2.88. The lowest BCUT2D eigenvalue weighted by Crippen LogP contribution is -2.23. The van der Waals surface area contributed by atoms with Gasteiger partial charge in [0, 0.05) is 35.4 Å². The number of carbonyl (C=O) groups excluding carboxylic acids is 1. The van der Waals surface area contributed by atoms with E-state index in [0.29, 0.717) is 35.2 Å². The minimum Gasteiger partial charge on any atom is -0.497 e. The molecule has 7 heteroatoms. The molecule has 0 saturated heterocycles. The molecule has 0 aliphatic rings.